The number of carbonyl (C=O) groups is 1. The third-order valence-electron chi connectivity index (χ3n) is 6.64. The predicted octanol–water partition coefficient (Wildman–Crippen LogP) is 6.33. The lowest BCUT2D eigenvalue weighted by molar-refractivity contribution is 0.0746. The zero-order valence-corrected chi connectivity index (χ0v) is 21.4. The molecule has 37 heavy (non-hydrogen) atoms. The summed E-state index contributed by atoms with van der Waals surface area (Å²) in [4.78, 5) is 27.0. The van der Waals surface area contributed by atoms with E-state index in [1.54, 1.807) is 6.20 Å². The van der Waals surface area contributed by atoms with Gasteiger partial charge in [-0.25, -0.2) is 9.97 Å². The molecule has 1 aliphatic rings. The Morgan fingerprint density at radius 2 is 1.43 bits per heavy atom. The Hall–Kier alpha value is -3.87. The molecule has 4 heterocycles. The topological polar surface area (TPSA) is 53.7 Å². The van der Waals surface area contributed by atoms with Gasteiger partial charge >= 0.3 is 0 Å². The van der Waals surface area contributed by atoms with Crippen LogP contribution in [0.2, 0.25) is 10.0 Å². The number of halogens is 2. The van der Waals surface area contributed by atoms with Crippen LogP contribution in [0.15, 0.2) is 91.3 Å². The number of aromatic nitrogens is 3. The molecule has 2 aromatic carbocycles. The van der Waals surface area contributed by atoms with Crippen LogP contribution in [0, 0.1) is 0 Å². The van der Waals surface area contributed by atoms with E-state index in [9.17, 15) is 4.79 Å². The maximum atomic E-state index is 13.5. The largest absolute Gasteiger partial charge is 0.353 e. The zero-order chi connectivity index (χ0) is 25.4. The molecule has 6 rings (SSSR count). The van der Waals surface area contributed by atoms with Gasteiger partial charge in [-0.05, 0) is 48.5 Å². The number of hydrogen-bond donors (Lipinski definition) is 0. The van der Waals surface area contributed by atoms with Crippen molar-refractivity contribution in [3.63, 3.8) is 0 Å². The van der Waals surface area contributed by atoms with Crippen LogP contribution in [0.4, 0.5) is 5.82 Å². The fourth-order valence-electron chi connectivity index (χ4n) is 4.73. The van der Waals surface area contributed by atoms with E-state index in [1.165, 1.54) is 0 Å². The number of nitrogens with zero attached hydrogens (tertiary/aromatic N) is 5. The van der Waals surface area contributed by atoms with Crippen LogP contribution in [0.5, 0.6) is 0 Å². The molecular weight excluding hydrogens is 505 g/mol. The highest BCUT2D eigenvalue weighted by atomic mass is 35.5. The highest BCUT2D eigenvalue weighted by molar-refractivity contribution is 6.31. The molecule has 0 spiro atoms. The highest BCUT2D eigenvalue weighted by Gasteiger charge is 2.24. The Morgan fingerprint density at radius 1 is 0.757 bits per heavy atom. The summed E-state index contributed by atoms with van der Waals surface area (Å²) < 4.78 is 1.99. The van der Waals surface area contributed by atoms with Gasteiger partial charge in [0.2, 0.25) is 0 Å². The fraction of sp³-hybridized carbons (Fsp3) is 0.138. The number of fused-ring (bicyclic) bond motifs is 1. The van der Waals surface area contributed by atoms with Gasteiger partial charge in [-0.1, -0.05) is 53.5 Å². The van der Waals surface area contributed by atoms with Crippen LogP contribution < -0.4 is 4.90 Å². The third kappa shape index (κ3) is 4.66. The van der Waals surface area contributed by atoms with Gasteiger partial charge in [0.05, 0.1) is 17.0 Å². The minimum absolute atomic E-state index is 0.00590. The van der Waals surface area contributed by atoms with Crippen LogP contribution in [-0.4, -0.2) is 51.4 Å². The number of piperazine rings is 1. The van der Waals surface area contributed by atoms with Crippen LogP contribution in [0.1, 0.15) is 10.4 Å². The first kappa shape index (κ1) is 23.5. The van der Waals surface area contributed by atoms with Crippen LogP contribution in [0.25, 0.3) is 28.2 Å². The minimum atomic E-state index is 0.00590. The van der Waals surface area contributed by atoms with Gasteiger partial charge in [-0.15, -0.1) is 0 Å². The third-order valence-corrected chi connectivity index (χ3v) is 7.14. The van der Waals surface area contributed by atoms with Crippen LogP contribution in [0.3, 0.4) is 0 Å². The van der Waals surface area contributed by atoms with E-state index in [2.05, 4.69) is 9.88 Å². The van der Waals surface area contributed by atoms with E-state index < -0.39 is 0 Å². The first-order valence-electron chi connectivity index (χ1n) is 12.1. The molecule has 184 valence electrons. The van der Waals surface area contributed by atoms with Crippen molar-refractivity contribution in [1.29, 1.82) is 0 Å². The van der Waals surface area contributed by atoms with Gasteiger partial charge in [0.1, 0.15) is 11.5 Å². The van der Waals surface area contributed by atoms with Crippen LogP contribution in [-0.2, 0) is 0 Å². The summed E-state index contributed by atoms with van der Waals surface area (Å²) in [6, 6.07) is 24.9. The molecule has 0 N–H and O–H groups in total. The summed E-state index contributed by atoms with van der Waals surface area (Å²) in [5.41, 5.74) is 4.98. The molecule has 3 aromatic heterocycles. The normalized spacial score (nSPS) is 13.8. The Labute approximate surface area is 224 Å². The maximum Gasteiger partial charge on any atom is 0.255 e. The van der Waals surface area contributed by atoms with E-state index in [-0.39, 0.29) is 5.91 Å². The quantitative estimate of drug-likeness (QED) is 0.274. The number of hydrogen-bond acceptors (Lipinski definition) is 4. The number of pyridine rings is 2. The zero-order valence-electron chi connectivity index (χ0n) is 19.9. The van der Waals surface area contributed by atoms with Crippen molar-refractivity contribution in [2.75, 3.05) is 31.1 Å². The van der Waals surface area contributed by atoms with Crippen LogP contribution >= 0.6 is 23.2 Å². The highest BCUT2D eigenvalue weighted by Crippen LogP contribution is 2.34. The van der Waals surface area contributed by atoms with Crippen molar-refractivity contribution in [2.24, 2.45) is 0 Å². The molecule has 0 radical (unpaired) electrons. The van der Waals surface area contributed by atoms with Crippen molar-refractivity contribution in [3.05, 3.63) is 107 Å². The van der Waals surface area contributed by atoms with E-state index in [1.807, 2.05) is 94.4 Å². The molecule has 1 saturated heterocycles. The molecular formula is C29H23Cl2N5O. The summed E-state index contributed by atoms with van der Waals surface area (Å²) in [6.45, 7) is 2.76. The van der Waals surface area contributed by atoms with Crippen molar-refractivity contribution >= 4 is 40.6 Å². The molecule has 1 amide bonds. The summed E-state index contributed by atoms with van der Waals surface area (Å²) in [5.74, 6) is 0.947. The van der Waals surface area contributed by atoms with E-state index in [0.29, 0.717) is 28.7 Å². The molecule has 0 saturated carbocycles. The van der Waals surface area contributed by atoms with Crippen molar-refractivity contribution < 1.29 is 4.79 Å². The molecule has 0 aliphatic carbocycles. The monoisotopic (exact) mass is 527 g/mol. The number of imidazole rings is 1. The Balaban J connectivity index is 1.35. The Kier molecular flexibility index (Phi) is 6.28. The molecule has 8 heteroatoms. The standard InChI is InChI=1S/C29H23Cl2N5O/c30-23-9-4-20(5-10-23)27-28(21-6-11-24(31)12-7-21)36-19-22(8-13-26(36)33-27)29(37)35-17-15-34(16-18-35)25-3-1-2-14-32-25/h1-14,19H,15-18H2. The minimum Gasteiger partial charge on any atom is -0.353 e. The maximum absolute atomic E-state index is 13.5. The molecule has 1 fully saturated rings. The molecule has 0 bridgehead atoms. The second kappa shape index (κ2) is 9.88. The smallest absolute Gasteiger partial charge is 0.255 e. The number of benzene rings is 2. The van der Waals surface area contributed by atoms with Crippen molar-refractivity contribution in [2.45, 2.75) is 0 Å². The summed E-state index contributed by atoms with van der Waals surface area (Å²) >= 11 is 12.3. The lowest BCUT2D eigenvalue weighted by Gasteiger charge is -2.35. The average Bonchev–Trinajstić information content (AvgIpc) is 3.33. The first-order valence-corrected chi connectivity index (χ1v) is 12.8. The van der Waals surface area contributed by atoms with E-state index >= 15 is 0 Å². The lowest BCUT2D eigenvalue weighted by Crippen LogP contribution is -2.49. The molecule has 1 aliphatic heterocycles. The second-order valence-corrected chi connectivity index (χ2v) is 9.81. The second-order valence-electron chi connectivity index (χ2n) is 8.94. The summed E-state index contributed by atoms with van der Waals surface area (Å²) in [5, 5.41) is 1.32. The van der Waals surface area contributed by atoms with Gasteiger partial charge in [0.15, 0.2) is 0 Å². The van der Waals surface area contributed by atoms with E-state index in [0.717, 1.165) is 47.1 Å². The summed E-state index contributed by atoms with van der Waals surface area (Å²) in [6.07, 6.45) is 3.68. The number of amides is 1. The molecule has 0 unspecified atom stereocenters. The molecule has 0 atom stereocenters. The molecule has 5 aromatic rings. The van der Waals surface area contributed by atoms with Gasteiger partial charge in [0.25, 0.3) is 5.91 Å². The van der Waals surface area contributed by atoms with Gasteiger partial charge in [-0.3, -0.25) is 9.20 Å². The van der Waals surface area contributed by atoms with Crippen molar-refractivity contribution in [3.8, 4) is 22.5 Å². The van der Waals surface area contributed by atoms with E-state index in [4.69, 9.17) is 28.2 Å². The predicted molar refractivity (Wildman–Crippen MR) is 148 cm³/mol. The number of anilines is 1. The number of carbonyl (C=O) groups excluding carboxylic acids is 1. The lowest BCUT2D eigenvalue weighted by atomic mass is 10.0. The Morgan fingerprint density at radius 3 is 2.08 bits per heavy atom. The number of rotatable bonds is 4. The average molecular weight is 528 g/mol. The van der Waals surface area contributed by atoms with Gasteiger partial charge in [-0.2, -0.15) is 0 Å². The SMILES string of the molecule is O=C(c1ccc2nc(-c3ccc(Cl)cc3)c(-c3ccc(Cl)cc3)n2c1)N1CCN(c2ccccn2)CC1. The van der Waals surface area contributed by atoms with Crippen molar-refractivity contribution in [1.82, 2.24) is 19.3 Å². The van der Waals surface area contributed by atoms with Gasteiger partial charge < -0.3 is 9.80 Å². The fourth-order valence-corrected chi connectivity index (χ4v) is 4.98. The first-order chi connectivity index (χ1) is 18.1. The summed E-state index contributed by atoms with van der Waals surface area (Å²) in [7, 11) is 0. The van der Waals surface area contributed by atoms with Gasteiger partial charge in [0, 0.05) is 59.7 Å². The molecule has 6 nitrogen and oxygen atoms in total. The Bertz CT molecular complexity index is 1560.